The van der Waals surface area contributed by atoms with E-state index in [1.54, 1.807) is 0 Å². The largest absolute Gasteiger partial charge is 0.377 e. The quantitative estimate of drug-likeness (QED) is 0.734. The van der Waals surface area contributed by atoms with E-state index in [2.05, 4.69) is 17.3 Å². The Bertz CT molecular complexity index is 441. The number of hydrogen-bond donors (Lipinski definition) is 1. The second kappa shape index (κ2) is 8.12. The van der Waals surface area contributed by atoms with Crippen LogP contribution in [-0.2, 0) is 16.1 Å². The zero-order valence-electron chi connectivity index (χ0n) is 12.8. The maximum absolute atomic E-state index is 11.9. The van der Waals surface area contributed by atoms with E-state index in [4.69, 9.17) is 9.47 Å². The molecule has 0 radical (unpaired) electrons. The van der Waals surface area contributed by atoms with Crippen molar-refractivity contribution in [3.05, 3.63) is 35.4 Å². The highest BCUT2D eigenvalue weighted by molar-refractivity contribution is 5.94. The molecule has 1 amide bonds. The average molecular weight is 292 g/mol. The maximum atomic E-state index is 11.9. The Hall–Kier alpha value is -1.43. The Labute approximate surface area is 126 Å². The van der Waals surface area contributed by atoms with Crippen molar-refractivity contribution in [1.82, 2.24) is 10.2 Å². The SMILES string of the molecule is CCOCc1ccc(C(=O)NCCOC2CN(C)C2)cc1. The number of amides is 1. The fourth-order valence-corrected chi connectivity index (χ4v) is 2.21. The van der Waals surface area contributed by atoms with Gasteiger partial charge in [-0.2, -0.15) is 0 Å². The van der Waals surface area contributed by atoms with Crippen LogP contribution in [0.25, 0.3) is 0 Å². The lowest BCUT2D eigenvalue weighted by Crippen LogP contribution is -2.50. The van der Waals surface area contributed by atoms with Gasteiger partial charge in [-0.05, 0) is 31.7 Å². The number of nitrogens with zero attached hydrogens (tertiary/aromatic N) is 1. The molecule has 0 aromatic heterocycles. The molecule has 1 heterocycles. The van der Waals surface area contributed by atoms with E-state index >= 15 is 0 Å². The van der Waals surface area contributed by atoms with Crippen LogP contribution in [0.15, 0.2) is 24.3 Å². The molecule has 1 aromatic carbocycles. The van der Waals surface area contributed by atoms with Gasteiger partial charge >= 0.3 is 0 Å². The third kappa shape index (κ3) is 5.12. The number of benzene rings is 1. The Morgan fingerprint density at radius 2 is 2.05 bits per heavy atom. The van der Waals surface area contributed by atoms with Crippen molar-refractivity contribution in [1.29, 1.82) is 0 Å². The highest BCUT2D eigenvalue weighted by Gasteiger charge is 2.23. The van der Waals surface area contributed by atoms with E-state index in [1.807, 2.05) is 31.2 Å². The van der Waals surface area contributed by atoms with Gasteiger partial charge in [-0.25, -0.2) is 0 Å². The molecule has 1 aliphatic rings. The fourth-order valence-electron chi connectivity index (χ4n) is 2.21. The first-order valence-electron chi connectivity index (χ1n) is 7.44. The molecule has 1 N–H and O–H groups in total. The molecule has 0 unspecified atom stereocenters. The van der Waals surface area contributed by atoms with Crippen molar-refractivity contribution in [3.8, 4) is 0 Å². The van der Waals surface area contributed by atoms with E-state index in [-0.39, 0.29) is 5.91 Å². The number of rotatable bonds is 8. The van der Waals surface area contributed by atoms with Gasteiger partial charge in [0.2, 0.25) is 0 Å². The summed E-state index contributed by atoms with van der Waals surface area (Å²) in [4.78, 5) is 14.1. The summed E-state index contributed by atoms with van der Waals surface area (Å²) < 4.78 is 10.9. The number of carbonyl (C=O) groups excluding carboxylic acids is 1. The second-order valence-corrected chi connectivity index (χ2v) is 5.30. The van der Waals surface area contributed by atoms with E-state index in [0.29, 0.717) is 38.0 Å². The number of carbonyl (C=O) groups is 1. The van der Waals surface area contributed by atoms with Crippen molar-refractivity contribution in [2.24, 2.45) is 0 Å². The van der Waals surface area contributed by atoms with Crippen LogP contribution >= 0.6 is 0 Å². The molecule has 2 rings (SSSR count). The lowest BCUT2D eigenvalue weighted by Gasteiger charge is -2.35. The Morgan fingerprint density at radius 3 is 2.67 bits per heavy atom. The molecular weight excluding hydrogens is 268 g/mol. The standard InChI is InChI=1S/C16H24N2O3/c1-3-20-12-13-4-6-14(7-5-13)16(19)17-8-9-21-15-10-18(2)11-15/h4-7,15H,3,8-12H2,1-2H3,(H,17,19). The summed E-state index contributed by atoms with van der Waals surface area (Å²) >= 11 is 0. The van der Waals surface area contributed by atoms with Gasteiger partial charge in [0.05, 0.1) is 19.3 Å². The lowest BCUT2D eigenvalue weighted by atomic mass is 10.1. The van der Waals surface area contributed by atoms with Crippen molar-refractivity contribution in [2.75, 3.05) is 39.9 Å². The van der Waals surface area contributed by atoms with Gasteiger partial charge in [-0.3, -0.25) is 4.79 Å². The van der Waals surface area contributed by atoms with E-state index < -0.39 is 0 Å². The zero-order chi connectivity index (χ0) is 15.1. The average Bonchev–Trinajstić information content (AvgIpc) is 2.47. The molecule has 5 nitrogen and oxygen atoms in total. The van der Waals surface area contributed by atoms with Crippen LogP contribution in [0.1, 0.15) is 22.8 Å². The minimum absolute atomic E-state index is 0.0627. The Balaban J connectivity index is 1.65. The molecule has 1 aromatic rings. The minimum Gasteiger partial charge on any atom is -0.377 e. The Morgan fingerprint density at radius 1 is 1.33 bits per heavy atom. The molecule has 0 atom stereocenters. The van der Waals surface area contributed by atoms with Crippen LogP contribution in [0, 0.1) is 0 Å². The third-order valence-corrected chi connectivity index (χ3v) is 3.46. The molecule has 1 saturated heterocycles. The molecule has 116 valence electrons. The van der Waals surface area contributed by atoms with Crippen LogP contribution in [0.4, 0.5) is 0 Å². The predicted octanol–water partition coefficient (Wildman–Crippen LogP) is 1.28. The normalized spacial score (nSPS) is 15.7. The first kappa shape index (κ1) is 15.9. The number of likely N-dealkylation sites (N-methyl/N-ethyl adjacent to an activating group) is 1. The van der Waals surface area contributed by atoms with Crippen LogP contribution in [0.3, 0.4) is 0 Å². The summed E-state index contributed by atoms with van der Waals surface area (Å²) in [5.74, 6) is -0.0627. The van der Waals surface area contributed by atoms with Gasteiger partial charge in [-0.1, -0.05) is 12.1 Å². The maximum Gasteiger partial charge on any atom is 0.251 e. The summed E-state index contributed by atoms with van der Waals surface area (Å²) in [6, 6.07) is 7.49. The van der Waals surface area contributed by atoms with E-state index in [0.717, 1.165) is 18.7 Å². The van der Waals surface area contributed by atoms with Crippen molar-refractivity contribution < 1.29 is 14.3 Å². The number of ether oxygens (including phenoxy) is 2. The molecule has 1 aliphatic heterocycles. The van der Waals surface area contributed by atoms with Crippen molar-refractivity contribution >= 4 is 5.91 Å². The summed E-state index contributed by atoms with van der Waals surface area (Å²) in [5.41, 5.74) is 1.74. The first-order chi connectivity index (χ1) is 10.2. The Kier molecular flexibility index (Phi) is 6.17. The molecule has 0 spiro atoms. The number of hydrogen-bond acceptors (Lipinski definition) is 4. The third-order valence-electron chi connectivity index (χ3n) is 3.46. The van der Waals surface area contributed by atoms with Crippen LogP contribution in [-0.4, -0.2) is 56.8 Å². The van der Waals surface area contributed by atoms with Crippen molar-refractivity contribution in [2.45, 2.75) is 19.6 Å². The molecule has 0 aliphatic carbocycles. The summed E-state index contributed by atoms with van der Waals surface area (Å²) in [6.07, 6.45) is 0.324. The molecule has 5 heteroatoms. The molecule has 0 bridgehead atoms. The fraction of sp³-hybridized carbons (Fsp3) is 0.562. The summed E-state index contributed by atoms with van der Waals surface area (Å²) in [6.45, 7) is 6.31. The molecule has 21 heavy (non-hydrogen) atoms. The highest BCUT2D eigenvalue weighted by Crippen LogP contribution is 2.08. The second-order valence-electron chi connectivity index (χ2n) is 5.30. The molecule has 1 fully saturated rings. The van der Waals surface area contributed by atoms with Crippen LogP contribution in [0.5, 0.6) is 0 Å². The van der Waals surface area contributed by atoms with Crippen LogP contribution in [0.2, 0.25) is 0 Å². The summed E-state index contributed by atoms with van der Waals surface area (Å²) in [5, 5.41) is 2.87. The minimum atomic E-state index is -0.0627. The smallest absolute Gasteiger partial charge is 0.251 e. The topological polar surface area (TPSA) is 50.8 Å². The predicted molar refractivity (Wildman–Crippen MR) is 81.3 cm³/mol. The van der Waals surface area contributed by atoms with Gasteiger partial charge in [0.15, 0.2) is 0 Å². The number of nitrogens with one attached hydrogen (secondary N) is 1. The van der Waals surface area contributed by atoms with Gasteiger partial charge in [-0.15, -0.1) is 0 Å². The lowest BCUT2D eigenvalue weighted by molar-refractivity contribution is -0.0412. The van der Waals surface area contributed by atoms with Gasteiger partial charge in [0.1, 0.15) is 0 Å². The van der Waals surface area contributed by atoms with Crippen molar-refractivity contribution in [3.63, 3.8) is 0 Å². The molecule has 0 saturated carbocycles. The number of likely N-dealkylation sites (tertiary alicyclic amines) is 1. The van der Waals surface area contributed by atoms with E-state index in [1.165, 1.54) is 0 Å². The van der Waals surface area contributed by atoms with Crippen LogP contribution < -0.4 is 5.32 Å². The van der Waals surface area contributed by atoms with Gasteiger partial charge in [0.25, 0.3) is 5.91 Å². The van der Waals surface area contributed by atoms with Gasteiger partial charge < -0.3 is 19.7 Å². The van der Waals surface area contributed by atoms with E-state index in [9.17, 15) is 4.79 Å². The van der Waals surface area contributed by atoms with Gasteiger partial charge in [0, 0.05) is 31.8 Å². The summed E-state index contributed by atoms with van der Waals surface area (Å²) in [7, 11) is 2.07. The highest BCUT2D eigenvalue weighted by atomic mass is 16.5. The monoisotopic (exact) mass is 292 g/mol. The zero-order valence-corrected chi connectivity index (χ0v) is 12.8. The first-order valence-corrected chi connectivity index (χ1v) is 7.44. The molecular formula is C16H24N2O3.